The minimum absolute atomic E-state index is 0.308. The van der Waals surface area contributed by atoms with Gasteiger partial charge < -0.3 is 4.74 Å². The zero-order valence-electron chi connectivity index (χ0n) is 14.2. The van der Waals surface area contributed by atoms with Crippen molar-refractivity contribution in [2.45, 2.75) is 38.4 Å². The number of rotatable bonds is 6. The predicted octanol–water partition coefficient (Wildman–Crippen LogP) is 6.34. The molecule has 0 saturated carbocycles. The molecule has 4 heteroatoms. The number of halogens is 2. The molecule has 0 spiro atoms. The summed E-state index contributed by atoms with van der Waals surface area (Å²) in [5.74, 6) is 0.941. The maximum Gasteiger partial charge on any atom is 0.119 e. The largest absolute Gasteiger partial charge is 0.493 e. The standard InChI is InChI=1S/C19H24BrClOSi/c1-19(2,23(3)4)13-22-17-8-5-14(6-9-17)11-15-12-16(20)7-10-18(15)21/h5-10,12,23H,11,13H2,1-4H3. The minimum atomic E-state index is -0.733. The molecule has 124 valence electrons. The third kappa shape index (κ3) is 5.37. The summed E-state index contributed by atoms with van der Waals surface area (Å²) in [5.41, 5.74) is 2.36. The van der Waals surface area contributed by atoms with Crippen molar-refractivity contribution in [1.82, 2.24) is 0 Å². The molecule has 2 aromatic rings. The zero-order valence-corrected chi connectivity index (χ0v) is 17.7. The highest BCUT2D eigenvalue weighted by atomic mass is 79.9. The highest BCUT2D eigenvalue weighted by Crippen LogP contribution is 2.29. The van der Waals surface area contributed by atoms with E-state index in [1.54, 1.807) is 0 Å². The summed E-state index contributed by atoms with van der Waals surface area (Å²) < 4.78 is 7.03. The van der Waals surface area contributed by atoms with Gasteiger partial charge >= 0.3 is 0 Å². The molecule has 0 fully saturated rings. The highest BCUT2D eigenvalue weighted by molar-refractivity contribution is 9.10. The normalized spacial score (nSPS) is 11.8. The average molecular weight is 412 g/mol. The monoisotopic (exact) mass is 410 g/mol. The van der Waals surface area contributed by atoms with E-state index in [2.05, 4.69) is 73.2 Å². The molecule has 0 aliphatic carbocycles. The van der Waals surface area contributed by atoms with E-state index in [9.17, 15) is 0 Å². The summed E-state index contributed by atoms with van der Waals surface area (Å²) >= 11 is 9.76. The second-order valence-corrected chi connectivity index (χ2v) is 12.2. The van der Waals surface area contributed by atoms with Crippen LogP contribution in [0.25, 0.3) is 0 Å². The Kier molecular flexibility index (Phi) is 6.35. The van der Waals surface area contributed by atoms with Crippen LogP contribution in [0.5, 0.6) is 5.75 Å². The van der Waals surface area contributed by atoms with Gasteiger partial charge in [0, 0.05) is 18.3 Å². The van der Waals surface area contributed by atoms with Gasteiger partial charge in [-0.05, 0) is 52.9 Å². The third-order valence-corrected chi connectivity index (χ3v) is 8.65. The Morgan fingerprint density at radius 2 is 1.74 bits per heavy atom. The summed E-state index contributed by atoms with van der Waals surface area (Å²) in [7, 11) is -0.733. The molecule has 0 radical (unpaired) electrons. The van der Waals surface area contributed by atoms with Crippen molar-refractivity contribution in [3.63, 3.8) is 0 Å². The van der Waals surface area contributed by atoms with Gasteiger partial charge in [0.05, 0.1) is 6.61 Å². The van der Waals surface area contributed by atoms with Crippen LogP contribution in [0.1, 0.15) is 25.0 Å². The Bertz CT molecular complexity index is 653. The second-order valence-electron chi connectivity index (χ2n) is 6.99. The van der Waals surface area contributed by atoms with Crippen molar-refractivity contribution < 1.29 is 4.74 Å². The summed E-state index contributed by atoms with van der Waals surface area (Å²) in [5, 5.41) is 1.11. The van der Waals surface area contributed by atoms with Crippen LogP contribution in [0.15, 0.2) is 46.9 Å². The van der Waals surface area contributed by atoms with Crippen LogP contribution in [0, 0.1) is 0 Å². The fourth-order valence-electron chi connectivity index (χ4n) is 2.04. The minimum Gasteiger partial charge on any atom is -0.493 e. The van der Waals surface area contributed by atoms with Crippen molar-refractivity contribution in [2.75, 3.05) is 6.61 Å². The van der Waals surface area contributed by atoms with Crippen LogP contribution in [0.4, 0.5) is 0 Å². The number of ether oxygens (including phenoxy) is 1. The van der Waals surface area contributed by atoms with Gasteiger partial charge in [-0.3, -0.25) is 0 Å². The number of benzene rings is 2. The molecule has 0 aliphatic rings. The van der Waals surface area contributed by atoms with Gasteiger partial charge in [-0.25, -0.2) is 0 Å². The molecule has 0 bridgehead atoms. The van der Waals surface area contributed by atoms with Crippen molar-refractivity contribution in [3.05, 3.63) is 63.1 Å². The van der Waals surface area contributed by atoms with Crippen LogP contribution in [0.3, 0.4) is 0 Å². The van der Waals surface area contributed by atoms with Crippen LogP contribution in [-0.4, -0.2) is 15.4 Å². The Balaban J connectivity index is 2.01. The lowest BCUT2D eigenvalue weighted by molar-refractivity contribution is 0.276. The molecule has 2 rings (SSSR count). The van der Waals surface area contributed by atoms with E-state index < -0.39 is 8.80 Å². The van der Waals surface area contributed by atoms with E-state index in [0.29, 0.717) is 5.04 Å². The topological polar surface area (TPSA) is 9.23 Å². The van der Waals surface area contributed by atoms with Gasteiger partial charge in [-0.1, -0.05) is 66.6 Å². The van der Waals surface area contributed by atoms with Gasteiger partial charge in [0.15, 0.2) is 0 Å². The lowest BCUT2D eigenvalue weighted by Gasteiger charge is -2.28. The van der Waals surface area contributed by atoms with Gasteiger partial charge in [-0.2, -0.15) is 0 Å². The van der Waals surface area contributed by atoms with Crippen molar-refractivity contribution in [1.29, 1.82) is 0 Å². The first-order valence-electron chi connectivity index (χ1n) is 7.93. The molecule has 1 nitrogen and oxygen atoms in total. The Labute approximate surface area is 154 Å². The molecule has 0 saturated heterocycles. The smallest absolute Gasteiger partial charge is 0.119 e. The first-order chi connectivity index (χ1) is 10.8. The highest BCUT2D eigenvalue weighted by Gasteiger charge is 2.24. The summed E-state index contributed by atoms with van der Waals surface area (Å²) in [6, 6.07) is 14.3. The Morgan fingerprint density at radius 3 is 2.35 bits per heavy atom. The molecule has 0 amide bonds. The van der Waals surface area contributed by atoms with Crippen LogP contribution < -0.4 is 4.74 Å². The van der Waals surface area contributed by atoms with Crippen LogP contribution in [-0.2, 0) is 6.42 Å². The molecule has 0 aliphatic heterocycles. The molecule has 23 heavy (non-hydrogen) atoms. The van der Waals surface area contributed by atoms with Crippen molar-refractivity contribution in [3.8, 4) is 5.75 Å². The van der Waals surface area contributed by atoms with Crippen molar-refractivity contribution in [2.24, 2.45) is 0 Å². The average Bonchev–Trinajstić information content (AvgIpc) is 2.50. The fraction of sp³-hybridized carbons (Fsp3) is 0.368. The van der Waals surface area contributed by atoms with E-state index in [4.69, 9.17) is 16.3 Å². The maximum atomic E-state index is 6.27. The molecule has 0 N–H and O–H groups in total. The molecule has 2 aromatic carbocycles. The fourth-order valence-corrected chi connectivity index (χ4v) is 3.05. The quantitative estimate of drug-likeness (QED) is 0.504. The molecular formula is C19H24BrClOSi. The summed E-state index contributed by atoms with van der Waals surface area (Å²) in [4.78, 5) is 0. The number of hydrogen-bond donors (Lipinski definition) is 0. The third-order valence-electron chi connectivity index (χ3n) is 4.50. The van der Waals surface area contributed by atoms with Crippen LogP contribution in [0.2, 0.25) is 23.2 Å². The van der Waals surface area contributed by atoms with E-state index in [1.165, 1.54) is 5.56 Å². The maximum absolute atomic E-state index is 6.27. The van der Waals surface area contributed by atoms with E-state index in [0.717, 1.165) is 33.8 Å². The van der Waals surface area contributed by atoms with Gasteiger partial charge in [-0.15, -0.1) is 0 Å². The summed E-state index contributed by atoms with van der Waals surface area (Å²) in [6.07, 6.45) is 0.822. The summed E-state index contributed by atoms with van der Waals surface area (Å²) in [6.45, 7) is 10.1. The van der Waals surface area contributed by atoms with Gasteiger partial charge in [0.1, 0.15) is 5.75 Å². The van der Waals surface area contributed by atoms with Gasteiger partial charge in [0.2, 0.25) is 0 Å². The first-order valence-corrected chi connectivity index (χ1v) is 12.0. The first kappa shape index (κ1) is 18.6. The lowest BCUT2D eigenvalue weighted by atomic mass is 10.0. The molecular weight excluding hydrogens is 388 g/mol. The predicted molar refractivity (Wildman–Crippen MR) is 107 cm³/mol. The number of hydrogen-bond acceptors (Lipinski definition) is 1. The molecule has 0 atom stereocenters. The van der Waals surface area contributed by atoms with E-state index in [1.807, 2.05) is 12.1 Å². The Morgan fingerprint density at radius 1 is 1.09 bits per heavy atom. The van der Waals surface area contributed by atoms with E-state index >= 15 is 0 Å². The lowest BCUT2D eigenvalue weighted by Crippen LogP contribution is -2.27. The Hall–Kier alpha value is -0.773. The molecule has 0 aromatic heterocycles. The van der Waals surface area contributed by atoms with E-state index in [-0.39, 0.29) is 0 Å². The molecule has 0 heterocycles. The van der Waals surface area contributed by atoms with Crippen molar-refractivity contribution >= 4 is 36.3 Å². The van der Waals surface area contributed by atoms with Gasteiger partial charge in [0.25, 0.3) is 0 Å². The molecule has 0 unspecified atom stereocenters. The van der Waals surface area contributed by atoms with Crippen LogP contribution >= 0.6 is 27.5 Å². The zero-order chi connectivity index (χ0) is 17.0. The second kappa shape index (κ2) is 7.87. The SMILES string of the molecule is C[SiH](C)C(C)(C)COc1ccc(Cc2cc(Br)ccc2Cl)cc1.